The first-order chi connectivity index (χ1) is 9.61. The third kappa shape index (κ3) is 3.55. The number of hydrogen-bond donors (Lipinski definition) is 2. The van der Waals surface area contributed by atoms with E-state index < -0.39 is 0 Å². The molecule has 1 fully saturated rings. The maximum atomic E-state index is 11.4. The molecule has 0 aromatic heterocycles. The van der Waals surface area contributed by atoms with Crippen molar-refractivity contribution in [3.63, 3.8) is 0 Å². The van der Waals surface area contributed by atoms with Crippen LogP contribution in [0.5, 0.6) is 5.75 Å². The van der Waals surface area contributed by atoms with Gasteiger partial charge in [0.05, 0.1) is 6.54 Å². The minimum Gasteiger partial charge on any atom is -0.491 e. The van der Waals surface area contributed by atoms with Gasteiger partial charge in [0.25, 0.3) is 0 Å². The third-order valence-electron chi connectivity index (χ3n) is 3.44. The zero-order valence-electron chi connectivity index (χ0n) is 11.8. The SMILES string of the molecule is CNC(C)c1cc(Cl)ccc1OCCN1CCNC1=O. The summed E-state index contributed by atoms with van der Waals surface area (Å²) in [4.78, 5) is 13.2. The third-order valence-corrected chi connectivity index (χ3v) is 3.67. The van der Waals surface area contributed by atoms with E-state index in [0.717, 1.165) is 17.9 Å². The Kier molecular flexibility index (Phi) is 5.09. The largest absolute Gasteiger partial charge is 0.491 e. The summed E-state index contributed by atoms with van der Waals surface area (Å²) in [6, 6.07) is 5.72. The Bertz CT molecular complexity index is 481. The van der Waals surface area contributed by atoms with Crippen LogP contribution in [0.25, 0.3) is 0 Å². The number of benzene rings is 1. The molecule has 2 N–H and O–H groups in total. The van der Waals surface area contributed by atoms with Crippen molar-refractivity contribution >= 4 is 17.6 Å². The van der Waals surface area contributed by atoms with Gasteiger partial charge in [0.2, 0.25) is 0 Å². The van der Waals surface area contributed by atoms with E-state index in [4.69, 9.17) is 16.3 Å². The van der Waals surface area contributed by atoms with Crippen molar-refractivity contribution in [2.45, 2.75) is 13.0 Å². The molecule has 0 bridgehead atoms. The van der Waals surface area contributed by atoms with Crippen LogP contribution in [0.15, 0.2) is 18.2 Å². The fraction of sp³-hybridized carbons (Fsp3) is 0.500. The molecular formula is C14H20ClN3O2. The second-order valence-corrected chi connectivity index (χ2v) is 5.20. The standard InChI is InChI=1S/C14H20ClN3O2/c1-10(16-2)12-9-11(15)3-4-13(12)20-8-7-18-6-5-17-14(18)19/h3-4,9-10,16H,5-8H2,1-2H3,(H,17,19). The molecule has 5 nitrogen and oxygen atoms in total. The van der Waals surface area contributed by atoms with Crippen LogP contribution in [0, 0.1) is 0 Å². The Morgan fingerprint density at radius 2 is 2.35 bits per heavy atom. The fourth-order valence-electron chi connectivity index (χ4n) is 2.13. The molecular weight excluding hydrogens is 278 g/mol. The zero-order valence-corrected chi connectivity index (χ0v) is 12.5. The molecule has 0 aliphatic carbocycles. The van der Waals surface area contributed by atoms with E-state index in [0.29, 0.717) is 24.7 Å². The summed E-state index contributed by atoms with van der Waals surface area (Å²) in [6.45, 7) is 4.55. The second kappa shape index (κ2) is 6.81. The zero-order chi connectivity index (χ0) is 14.5. The molecule has 0 spiro atoms. The first-order valence-corrected chi connectivity index (χ1v) is 7.12. The molecule has 2 rings (SSSR count). The molecule has 1 aromatic rings. The van der Waals surface area contributed by atoms with Gasteiger partial charge in [0.1, 0.15) is 12.4 Å². The summed E-state index contributed by atoms with van der Waals surface area (Å²) in [5.41, 5.74) is 1.02. The predicted molar refractivity (Wildman–Crippen MR) is 79.4 cm³/mol. The van der Waals surface area contributed by atoms with E-state index in [1.54, 1.807) is 4.90 Å². The monoisotopic (exact) mass is 297 g/mol. The number of halogens is 1. The molecule has 1 saturated heterocycles. The number of amides is 2. The van der Waals surface area contributed by atoms with E-state index in [1.165, 1.54) is 0 Å². The highest BCUT2D eigenvalue weighted by Crippen LogP contribution is 2.28. The van der Waals surface area contributed by atoms with E-state index in [9.17, 15) is 4.79 Å². The lowest BCUT2D eigenvalue weighted by Crippen LogP contribution is -2.32. The van der Waals surface area contributed by atoms with Crippen molar-refractivity contribution in [3.8, 4) is 5.75 Å². The molecule has 1 aromatic carbocycles. The summed E-state index contributed by atoms with van der Waals surface area (Å²) in [6.07, 6.45) is 0. The summed E-state index contributed by atoms with van der Waals surface area (Å²) in [7, 11) is 1.89. The van der Waals surface area contributed by atoms with E-state index in [-0.39, 0.29) is 12.1 Å². The molecule has 1 unspecified atom stereocenters. The van der Waals surface area contributed by atoms with Gasteiger partial charge < -0.3 is 20.3 Å². The number of nitrogens with zero attached hydrogens (tertiary/aromatic N) is 1. The Labute approximate surface area is 124 Å². The Balaban J connectivity index is 1.96. The number of hydrogen-bond acceptors (Lipinski definition) is 3. The Morgan fingerprint density at radius 3 is 3.00 bits per heavy atom. The highest BCUT2D eigenvalue weighted by Gasteiger charge is 2.19. The molecule has 110 valence electrons. The first-order valence-electron chi connectivity index (χ1n) is 6.74. The van der Waals surface area contributed by atoms with E-state index >= 15 is 0 Å². The quantitative estimate of drug-likeness (QED) is 0.845. The van der Waals surface area contributed by atoms with Gasteiger partial charge in [-0.05, 0) is 32.2 Å². The topological polar surface area (TPSA) is 53.6 Å². The smallest absolute Gasteiger partial charge is 0.317 e. The van der Waals surface area contributed by atoms with Crippen LogP contribution < -0.4 is 15.4 Å². The number of carbonyl (C=O) groups excluding carboxylic acids is 1. The lowest BCUT2D eigenvalue weighted by atomic mass is 10.1. The normalized spacial score (nSPS) is 16.1. The molecule has 6 heteroatoms. The maximum Gasteiger partial charge on any atom is 0.317 e. The maximum absolute atomic E-state index is 11.4. The number of nitrogens with one attached hydrogen (secondary N) is 2. The number of urea groups is 1. The lowest BCUT2D eigenvalue weighted by molar-refractivity contribution is 0.202. The van der Waals surface area contributed by atoms with Gasteiger partial charge in [-0.1, -0.05) is 11.6 Å². The Morgan fingerprint density at radius 1 is 1.55 bits per heavy atom. The fourth-order valence-corrected chi connectivity index (χ4v) is 2.32. The number of carbonyl (C=O) groups is 1. The highest BCUT2D eigenvalue weighted by atomic mass is 35.5. The van der Waals surface area contributed by atoms with Crippen molar-refractivity contribution in [2.75, 3.05) is 33.3 Å². The van der Waals surface area contributed by atoms with Gasteiger partial charge in [-0.3, -0.25) is 0 Å². The minimum absolute atomic E-state index is 0.0199. The van der Waals surface area contributed by atoms with Gasteiger partial charge in [0, 0.05) is 29.7 Å². The van der Waals surface area contributed by atoms with Crippen molar-refractivity contribution < 1.29 is 9.53 Å². The molecule has 20 heavy (non-hydrogen) atoms. The van der Waals surface area contributed by atoms with Crippen LogP contribution in [0.3, 0.4) is 0 Å². The van der Waals surface area contributed by atoms with Crippen molar-refractivity contribution in [1.29, 1.82) is 0 Å². The first kappa shape index (κ1) is 14.9. The van der Waals surface area contributed by atoms with Crippen molar-refractivity contribution in [2.24, 2.45) is 0 Å². The van der Waals surface area contributed by atoms with Gasteiger partial charge >= 0.3 is 6.03 Å². The van der Waals surface area contributed by atoms with Crippen LogP contribution in [0.4, 0.5) is 4.79 Å². The molecule has 1 aliphatic rings. The molecule has 1 heterocycles. The summed E-state index contributed by atoms with van der Waals surface area (Å²) >= 11 is 6.03. The van der Waals surface area contributed by atoms with Crippen LogP contribution in [0.1, 0.15) is 18.5 Å². The summed E-state index contributed by atoms with van der Waals surface area (Å²) < 4.78 is 5.81. The van der Waals surface area contributed by atoms with Crippen LogP contribution in [-0.2, 0) is 0 Å². The average Bonchev–Trinajstić information content (AvgIpc) is 2.85. The average molecular weight is 298 g/mol. The summed E-state index contributed by atoms with van der Waals surface area (Å²) in [5.74, 6) is 0.802. The van der Waals surface area contributed by atoms with Gasteiger partial charge in [-0.15, -0.1) is 0 Å². The minimum atomic E-state index is -0.0199. The predicted octanol–water partition coefficient (Wildman–Crippen LogP) is 2.02. The highest BCUT2D eigenvalue weighted by molar-refractivity contribution is 6.30. The van der Waals surface area contributed by atoms with Crippen LogP contribution in [0.2, 0.25) is 5.02 Å². The molecule has 0 radical (unpaired) electrons. The number of rotatable bonds is 6. The lowest BCUT2D eigenvalue weighted by Gasteiger charge is -2.19. The van der Waals surface area contributed by atoms with Crippen molar-refractivity contribution in [1.82, 2.24) is 15.5 Å². The molecule has 1 aliphatic heterocycles. The number of ether oxygens (including phenoxy) is 1. The molecule has 0 saturated carbocycles. The van der Waals surface area contributed by atoms with Gasteiger partial charge in [0.15, 0.2) is 0 Å². The van der Waals surface area contributed by atoms with Gasteiger partial charge in [-0.2, -0.15) is 0 Å². The Hall–Kier alpha value is -1.46. The van der Waals surface area contributed by atoms with Crippen molar-refractivity contribution in [3.05, 3.63) is 28.8 Å². The second-order valence-electron chi connectivity index (χ2n) is 4.76. The molecule has 2 amide bonds. The van der Waals surface area contributed by atoms with E-state index in [2.05, 4.69) is 10.6 Å². The van der Waals surface area contributed by atoms with E-state index in [1.807, 2.05) is 32.2 Å². The molecule has 1 atom stereocenters. The van der Waals surface area contributed by atoms with Gasteiger partial charge in [-0.25, -0.2) is 4.79 Å². The van der Waals surface area contributed by atoms with Crippen LogP contribution >= 0.6 is 11.6 Å². The summed E-state index contributed by atoms with van der Waals surface area (Å²) in [5, 5.41) is 6.63. The van der Waals surface area contributed by atoms with Crippen LogP contribution in [-0.4, -0.2) is 44.2 Å².